The molecular weight excluding hydrogens is 295 g/mol. The summed E-state index contributed by atoms with van der Waals surface area (Å²) in [6.45, 7) is 3.90. The number of nitrogens with zero attached hydrogens (tertiary/aromatic N) is 4. The second kappa shape index (κ2) is 6.08. The van der Waals surface area contributed by atoms with Crippen molar-refractivity contribution in [1.82, 2.24) is 20.2 Å². The SMILES string of the molecule is Cc1ccc(C(=O)Cn2nnc(-c3ccc(F)cc3)n2)c(C)c1. The molecule has 0 spiro atoms. The summed E-state index contributed by atoms with van der Waals surface area (Å²) in [7, 11) is 0. The Morgan fingerprint density at radius 1 is 1.13 bits per heavy atom. The number of benzene rings is 2. The van der Waals surface area contributed by atoms with Gasteiger partial charge in [-0.2, -0.15) is 4.80 Å². The Labute approximate surface area is 132 Å². The summed E-state index contributed by atoms with van der Waals surface area (Å²) in [6.07, 6.45) is 0. The number of Topliss-reactive ketones (excluding diaryl/α,β-unsaturated/α-hetero) is 1. The highest BCUT2D eigenvalue weighted by Gasteiger charge is 2.13. The summed E-state index contributed by atoms with van der Waals surface area (Å²) < 4.78 is 12.9. The first kappa shape index (κ1) is 15.0. The van der Waals surface area contributed by atoms with Crippen LogP contribution in [0.1, 0.15) is 21.5 Å². The van der Waals surface area contributed by atoms with Gasteiger partial charge < -0.3 is 0 Å². The van der Waals surface area contributed by atoms with Crippen LogP contribution in [0.3, 0.4) is 0 Å². The molecule has 0 unspecified atom stereocenters. The normalized spacial score (nSPS) is 10.7. The van der Waals surface area contributed by atoms with Crippen LogP contribution in [0.2, 0.25) is 0 Å². The first-order valence-corrected chi connectivity index (χ1v) is 7.17. The van der Waals surface area contributed by atoms with Gasteiger partial charge in [-0.15, -0.1) is 10.2 Å². The lowest BCUT2D eigenvalue weighted by molar-refractivity contribution is 0.0961. The quantitative estimate of drug-likeness (QED) is 0.695. The number of aromatic nitrogens is 4. The molecule has 0 fully saturated rings. The number of halogens is 1. The van der Waals surface area contributed by atoms with Crippen molar-refractivity contribution >= 4 is 5.78 Å². The van der Waals surface area contributed by atoms with Gasteiger partial charge in [0, 0.05) is 11.1 Å². The second-order valence-electron chi connectivity index (χ2n) is 5.39. The largest absolute Gasteiger partial charge is 0.292 e. The summed E-state index contributed by atoms with van der Waals surface area (Å²) in [6, 6.07) is 11.5. The molecule has 0 aliphatic rings. The molecule has 23 heavy (non-hydrogen) atoms. The van der Waals surface area contributed by atoms with Gasteiger partial charge in [-0.1, -0.05) is 23.8 Å². The zero-order valence-corrected chi connectivity index (χ0v) is 12.8. The van der Waals surface area contributed by atoms with E-state index < -0.39 is 0 Å². The van der Waals surface area contributed by atoms with Gasteiger partial charge >= 0.3 is 0 Å². The Kier molecular flexibility index (Phi) is 3.97. The topological polar surface area (TPSA) is 60.7 Å². The summed E-state index contributed by atoms with van der Waals surface area (Å²) in [4.78, 5) is 13.6. The van der Waals surface area contributed by atoms with Gasteiger partial charge in [-0.3, -0.25) is 4.79 Å². The zero-order valence-electron chi connectivity index (χ0n) is 12.8. The van der Waals surface area contributed by atoms with E-state index in [1.54, 1.807) is 12.1 Å². The standard InChI is InChI=1S/C17H15FN4O/c1-11-3-8-15(12(2)9-11)16(23)10-22-20-17(19-21-22)13-4-6-14(18)7-5-13/h3-9H,10H2,1-2H3. The molecule has 1 heterocycles. The number of aryl methyl sites for hydroxylation is 2. The molecule has 5 nitrogen and oxygen atoms in total. The minimum absolute atomic E-state index is 0.0120. The maximum atomic E-state index is 12.9. The number of hydrogen-bond acceptors (Lipinski definition) is 4. The Bertz CT molecular complexity index is 855. The Morgan fingerprint density at radius 2 is 1.87 bits per heavy atom. The van der Waals surface area contributed by atoms with Crippen LogP contribution in [0.4, 0.5) is 4.39 Å². The summed E-state index contributed by atoms with van der Waals surface area (Å²) >= 11 is 0. The molecule has 116 valence electrons. The molecule has 1 aromatic heterocycles. The van der Waals surface area contributed by atoms with E-state index in [4.69, 9.17) is 0 Å². The highest BCUT2D eigenvalue weighted by atomic mass is 19.1. The second-order valence-corrected chi connectivity index (χ2v) is 5.39. The third-order valence-corrected chi connectivity index (χ3v) is 3.52. The number of hydrogen-bond donors (Lipinski definition) is 0. The van der Waals surface area contributed by atoms with Crippen LogP contribution in [-0.2, 0) is 6.54 Å². The highest BCUT2D eigenvalue weighted by molar-refractivity contribution is 5.97. The van der Waals surface area contributed by atoms with E-state index in [0.29, 0.717) is 17.0 Å². The van der Waals surface area contributed by atoms with Crippen molar-refractivity contribution in [1.29, 1.82) is 0 Å². The molecule has 0 atom stereocenters. The van der Waals surface area contributed by atoms with E-state index in [-0.39, 0.29) is 18.1 Å². The van der Waals surface area contributed by atoms with Crippen molar-refractivity contribution < 1.29 is 9.18 Å². The molecule has 2 aromatic carbocycles. The van der Waals surface area contributed by atoms with E-state index in [0.717, 1.165) is 11.1 Å². The van der Waals surface area contributed by atoms with Crippen LogP contribution in [0, 0.1) is 19.7 Å². The van der Waals surface area contributed by atoms with Crippen molar-refractivity contribution in [2.24, 2.45) is 0 Å². The fourth-order valence-electron chi connectivity index (χ4n) is 2.36. The van der Waals surface area contributed by atoms with Crippen LogP contribution < -0.4 is 0 Å². The minimum Gasteiger partial charge on any atom is -0.292 e. The molecular formula is C17H15FN4O. The maximum absolute atomic E-state index is 12.9. The van der Waals surface area contributed by atoms with Crippen LogP contribution in [-0.4, -0.2) is 26.0 Å². The number of ketones is 1. The van der Waals surface area contributed by atoms with E-state index in [9.17, 15) is 9.18 Å². The van der Waals surface area contributed by atoms with Gasteiger partial charge in [0.15, 0.2) is 5.78 Å². The molecule has 0 amide bonds. The predicted molar refractivity (Wildman–Crippen MR) is 83.5 cm³/mol. The van der Waals surface area contributed by atoms with Gasteiger partial charge in [0.05, 0.1) is 0 Å². The van der Waals surface area contributed by atoms with Crippen LogP contribution in [0.15, 0.2) is 42.5 Å². The number of rotatable bonds is 4. The van der Waals surface area contributed by atoms with E-state index >= 15 is 0 Å². The first-order valence-electron chi connectivity index (χ1n) is 7.17. The van der Waals surface area contributed by atoms with Gasteiger partial charge in [0.25, 0.3) is 0 Å². The third kappa shape index (κ3) is 3.31. The molecule has 0 aliphatic carbocycles. The Balaban J connectivity index is 1.78. The molecule has 0 radical (unpaired) electrons. The molecule has 0 saturated carbocycles. The van der Waals surface area contributed by atoms with Gasteiger partial charge in [0.1, 0.15) is 12.4 Å². The van der Waals surface area contributed by atoms with Gasteiger partial charge in [-0.05, 0) is 48.9 Å². The number of tetrazole rings is 1. The molecule has 3 aromatic rings. The lowest BCUT2D eigenvalue weighted by Gasteiger charge is -2.05. The van der Waals surface area contributed by atoms with Crippen molar-refractivity contribution in [2.75, 3.05) is 0 Å². The summed E-state index contributed by atoms with van der Waals surface area (Å²) in [5.74, 6) is -0.0462. The number of carbonyl (C=O) groups is 1. The lowest BCUT2D eigenvalue weighted by Crippen LogP contribution is -2.14. The fourth-order valence-corrected chi connectivity index (χ4v) is 2.36. The molecule has 0 bridgehead atoms. The molecule has 6 heteroatoms. The van der Waals surface area contributed by atoms with Crippen molar-refractivity contribution in [3.8, 4) is 11.4 Å². The lowest BCUT2D eigenvalue weighted by atomic mass is 10.0. The van der Waals surface area contributed by atoms with Crippen LogP contribution in [0.25, 0.3) is 11.4 Å². The predicted octanol–water partition coefficient (Wildman–Crippen LogP) is 2.98. The van der Waals surface area contributed by atoms with Crippen molar-refractivity contribution in [2.45, 2.75) is 20.4 Å². The maximum Gasteiger partial charge on any atom is 0.204 e. The van der Waals surface area contributed by atoms with E-state index in [1.807, 2.05) is 32.0 Å². The zero-order chi connectivity index (χ0) is 16.4. The summed E-state index contributed by atoms with van der Waals surface area (Å²) in [5, 5.41) is 12.0. The average Bonchev–Trinajstić information content (AvgIpc) is 2.96. The minimum atomic E-state index is -0.328. The average molecular weight is 310 g/mol. The highest BCUT2D eigenvalue weighted by Crippen LogP contribution is 2.15. The molecule has 0 aliphatic heterocycles. The monoisotopic (exact) mass is 310 g/mol. The van der Waals surface area contributed by atoms with Gasteiger partial charge in [0.2, 0.25) is 5.82 Å². The molecule has 0 saturated heterocycles. The number of carbonyl (C=O) groups excluding carboxylic acids is 1. The fraction of sp³-hybridized carbons (Fsp3) is 0.176. The molecule has 0 N–H and O–H groups in total. The smallest absolute Gasteiger partial charge is 0.204 e. The summed E-state index contributed by atoms with van der Waals surface area (Å²) in [5.41, 5.74) is 3.33. The Hall–Kier alpha value is -2.89. The van der Waals surface area contributed by atoms with E-state index in [1.165, 1.54) is 16.9 Å². The van der Waals surface area contributed by atoms with Crippen molar-refractivity contribution in [3.05, 3.63) is 65.0 Å². The van der Waals surface area contributed by atoms with E-state index in [2.05, 4.69) is 15.4 Å². The Morgan fingerprint density at radius 3 is 2.57 bits per heavy atom. The third-order valence-electron chi connectivity index (χ3n) is 3.52. The molecule has 3 rings (SSSR count). The van der Waals surface area contributed by atoms with Gasteiger partial charge in [-0.25, -0.2) is 4.39 Å². The first-order chi connectivity index (χ1) is 11.0. The van der Waals surface area contributed by atoms with Crippen LogP contribution in [0.5, 0.6) is 0 Å². The van der Waals surface area contributed by atoms with Crippen LogP contribution >= 0.6 is 0 Å². The van der Waals surface area contributed by atoms with Crippen molar-refractivity contribution in [3.63, 3.8) is 0 Å².